The zero-order valence-corrected chi connectivity index (χ0v) is 11.0. The van der Waals surface area contributed by atoms with Gasteiger partial charge in [0, 0.05) is 33.2 Å². The Morgan fingerprint density at radius 3 is 2.50 bits per heavy atom. The Hall–Kier alpha value is -1.14. The number of amides is 1. The second kappa shape index (κ2) is 6.70. The van der Waals surface area contributed by atoms with Crippen molar-refractivity contribution in [2.75, 3.05) is 26.3 Å². The van der Waals surface area contributed by atoms with E-state index in [2.05, 4.69) is 17.6 Å². The van der Waals surface area contributed by atoms with Gasteiger partial charge in [-0.25, -0.2) is 4.79 Å². The first kappa shape index (κ1) is 14.9. The van der Waals surface area contributed by atoms with Gasteiger partial charge in [-0.1, -0.05) is 6.92 Å². The van der Waals surface area contributed by atoms with E-state index >= 15 is 0 Å². The molecule has 1 unspecified atom stereocenters. The SMILES string of the molecule is CC(=O)NC(CNCC1(C)CCOCC1)C(=O)O. The molecular formula is C12H22N2O4. The maximum atomic E-state index is 10.9. The minimum atomic E-state index is -1.02. The zero-order chi connectivity index (χ0) is 13.6. The van der Waals surface area contributed by atoms with E-state index in [4.69, 9.17) is 9.84 Å². The first-order valence-corrected chi connectivity index (χ1v) is 6.21. The van der Waals surface area contributed by atoms with E-state index in [1.165, 1.54) is 6.92 Å². The van der Waals surface area contributed by atoms with Crippen molar-refractivity contribution >= 4 is 11.9 Å². The third-order valence-electron chi connectivity index (χ3n) is 3.28. The number of carbonyl (C=O) groups excluding carboxylic acids is 1. The van der Waals surface area contributed by atoms with Crippen LogP contribution in [-0.2, 0) is 14.3 Å². The second-order valence-corrected chi connectivity index (χ2v) is 5.15. The van der Waals surface area contributed by atoms with Gasteiger partial charge in [-0.2, -0.15) is 0 Å². The zero-order valence-electron chi connectivity index (χ0n) is 11.0. The van der Waals surface area contributed by atoms with Crippen LogP contribution in [0, 0.1) is 5.41 Å². The summed E-state index contributed by atoms with van der Waals surface area (Å²) in [5.74, 6) is -1.35. The summed E-state index contributed by atoms with van der Waals surface area (Å²) in [6.45, 7) is 5.97. The molecule has 0 spiro atoms. The Morgan fingerprint density at radius 2 is 2.00 bits per heavy atom. The fraction of sp³-hybridized carbons (Fsp3) is 0.833. The predicted molar refractivity (Wildman–Crippen MR) is 66.3 cm³/mol. The molecule has 1 fully saturated rings. The largest absolute Gasteiger partial charge is 0.480 e. The maximum absolute atomic E-state index is 10.9. The molecule has 1 aliphatic rings. The van der Waals surface area contributed by atoms with Gasteiger partial charge in [0.2, 0.25) is 5.91 Å². The molecule has 0 aliphatic carbocycles. The van der Waals surface area contributed by atoms with Crippen LogP contribution in [0.3, 0.4) is 0 Å². The van der Waals surface area contributed by atoms with E-state index in [0.29, 0.717) is 0 Å². The molecular weight excluding hydrogens is 236 g/mol. The number of nitrogens with one attached hydrogen (secondary N) is 2. The first-order valence-electron chi connectivity index (χ1n) is 6.21. The van der Waals surface area contributed by atoms with Crippen molar-refractivity contribution in [3.8, 4) is 0 Å². The van der Waals surface area contributed by atoms with Crippen LogP contribution in [-0.4, -0.2) is 49.3 Å². The van der Waals surface area contributed by atoms with Gasteiger partial charge in [-0.05, 0) is 18.3 Å². The van der Waals surface area contributed by atoms with Gasteiger partial charge >= 0.3 is 5.97 Å². The summed E-state index contributed by atoms with van der Waals surface area (Å²) < 4.78 is 5.30. The molecule has 0 aromatic rings. The van der Waals surface area contributed by atoms with E-state index in [-0.39, 0.29) is 17.9 Å². The van der Waals surface area contributed by atoms with E-state index < -0.39 is 12.0 Å². The van der Waals surface area contributed by atoms with Gasteiger partial charge in [0.1, 0.15) is 6.04 Å². The molecule has 0 aromatic carbocycles. The molecule has 1 aliphatic heterocycles. The monoisotopic (exact) mass is 258 g/mol. The fourth-order valence-corrected chi connectivity index (χ4v) is 2.00. The number of rotatable bonds is 6. The lowest BCUT2D eigenvalue weighted by molar-refractivity contribution is -0.141. The van der Waals surface area contributed by atoms with E-state index in [1.807, 2.05) is 0 Å². The summed E-state index contributed by atoms with van der Waals surface area (Å²) >= 11 is 0. The molecule has 18 heavy (non-hydrogen) atoms. The third-order valence-corrected chi connectivity index (χ3v) is 3.28. The van der Waals surface area contributed by atoms with Gasteiger partial charge in [0.25, 0.3) is 0 Å². The van der Waals surface area contributed by atoms with Gasteiger partial charge in [-0.15, -0.1) is 0 Å². The van der Waals surface area contributed by atoms with E-state index in [0.717, 1.165) is 32.6 Å². The van der Waals surface area contributed by atoms with Crippen molar-refractivity contribution < 1.29 is 19.4 Å². The highest BCUT2D eigenvalue weighted by Crippen LogP contribution is 2.28. The number of hydrogen-bond acceptors (Lipinski definition) is 4. The molecule has 1 heterocycles. The second-order valence-electron chi connectivity index (χ2n) is 5.15. The summed E-state index contributed by atoms with van der Waals surface area (Å²) in [5.41, 5.74) is 0.150. The molecule has 1 rings (SSSR count). The smallest absolute Gasteiger partial charge is 0.327 e. The van der Waals surface area contributed by atoms with Crippen molar-refractivity contribution in [2.45, 2.75) is 32.7 Å². The molecule has 0 radical (unpaired) electrons. The highest BCUT2D eigenvalue weighted by molar-refractivity contribution is 5.82. The van der Waals surface area contributed by atoms with Gasteiger partial charge in [0.05, 0.1) is 0 Å². The third kappa shape index (κ3) is 5.01. The van der Waals surface area contributed by atoms with Crippen LogP contribution in [0.2, 0.25) is 0 Å². The van der Waals surface area contributed by atoms with Gasteiger partial charge in [-0.3, -0.25) is 4.79 Å². The minimum absolute atomic E-state index is 0.150. The first-order chi connectivity index (χ1) is 8.43. The Balaban J connectivity index is 2.33. The lowest BCUT2D eigenvalue weighted by atomic mass is 9.82. The van der Waals surface area contributed by atoms with Crippen molar-refractivity contribution in [1.29, 1.82) is 0 Å². The minimum Gasteiger partial charge on any atom is -0.480 e. The van der Waals surface area contributed by atoms with E-state index in [9.17, 15) is 9.59 Å². The number of carbonyl (C=O) groups is 2. The number of carboxylic acids is 1. The Morgan fingerprint density at radius 1 is 1.39 bits per heavy atom. The number of hydrogen-bond donors (Lipinski definition) is 3. The van der Waals surface area contributed by atoms with E-state index in [1.54, 1.807) is 0 Å². The highest BCUT2D eigenvalue weighted by Gasteiger charge is 2.27. The van der Waals surface area contributed by atoms with Crippen LogP contribution in [0.15, 0.2) is 0 Å². The molecule has 1 amide bonds. The Labute approximate surface area is 107 Å². The van der Waals surface area contributed by atoms with Crippen LogP contribution in [0.1, 0.15) is 26.7 Å². The summed E-state index contributed by atoms with van der Waals surface area (Å²) in [5, 5.41) is 14.5. The Kier molecular flexibility index (Phi) is 5.55. The molecule has 104 valence electrons. The summed E-state index contributed by atoms with van der Waals surface area (Å²) in [7, 11) is 0. The van der Waals surface area contributed by atoms with Crippen molar-refractivity contribution in [2.24, 2.45) is 5.41 Å². The lowest BCUT2D eigenvalue weighted by Gasteiger charge is -2.34. The van der Waals surface area contributed by atoms with Crippen LogP contribution in [0.4, 0.5) is 0 Å². The molecule has 6 nitrogen and oxygen atoms in total. The normalized spacial score (nSPS) is 20.1. The highest BCUT2D eigenvalue weighted by atomic mass is 16.5. The molecule has 1 atom stereocenters. The summed E-state index contributed by atoms with van der Waals surface area (Å²) in [6.07, 6.45) is 1.94. The molecule has 0 saturated carbocycles. The maximum Gasteiger partial charge on any atom is 0.327 e. The standard InChI is InChI=1S/C12H22N2O4/c1-9(15)14-10(11(16)17)7-13-8-12(2)3-5-18-6-4-12/h10,13H,3-8H2,1-2H3,(H,14,15)(H,16,17). The van der Waals surface area contributed by atoms with Crippen molar-refractivity contribution in [1.82, 2.24) is 10.6 Å². The van der Waals surface area contributed by atoms with Gasteiger partial charge in [0.15, 0.2) is 0 Å². The fourth-order valence-electron chi connectivity index (χ4n) is 2.00. The quantitative estimate of drug-likeness (QED) is 0.623. The summed E-state index contributed by atoms with van der Waals surface area (Å²) in [4.78, 5) is 21.8. The molecule has 6 heteroatoms. The predicted octanol–water partition coefficient (Wildman–Crippen LogP) is -0.0180. The Bertz CT molecular complexity index is 300. The van der Waals surface area contributed by atoms with Crippen LogP contribution < -0.4 is 10.6 Å². The molecule has 0 aromatic heterocycles. The van der Waals surface area contributed by atoms with Crippen LogP contribution in [0.25, 0.3) is 0 Å². The molecule has 1 saturated heterocycles. The number of carboxylic acid groups (broad SMARTS) is 1. The number of ether oxygens (including phenoxy) is 1. The lowest BCUT2D eigenvalue weighted by Crippen LogP contribution is -2.48. The van der Waals surface area contributed by atoms with Gasteiger partial charge < -0.3 is 20.5 Å². The van der Waals surface area contributed by atoms with Crippen molar-refractivity contribution in [3.05, 3.63) is 0 Å². The molecule has 0 bridgehead atoms. The number of aliphatic carboxylic acids is 1. The van der Waals surface area contributed by atoms with Crippen LogP contribution >= 0.6 is 0 Å². The average Bonchev–Trinajstić information content (AvgIpc) is 2.27. The van der Waals surface area contributed by atoms with Crippen molar-refractivity contribution in [3.63, 3.8) is 0 Å². The molecule has 3 N–H and O–H groups in total. The summed E-state index contributed by atoms with van der Waals surface area (Å²) in [6, 6.07) is -0.869. The topological polar surface area (TPSA) is 87.7 Å². The average molecular weight is 258 g/mol. The van der Waals surface area contributed by atoms with Crippen LogP contribution in [0.5, 0.6) is 0 Å².